The number of rotatable bonds is 3. The standard InChI is InChI=1S/C12H10INOS/c1-8-2-3-10(14-6-8)5-11(15)9-4-12(13)16-7-9/h2-4,6-7H,5H2,1H3. The Balaban J connectivity index is 2.10. The van der Waals surface area contributed by atoms with E-state index in [1.807, 2.05) is 30.5 Å². The zero-order valence-corrected chi connectivity index (χ0v) is 11.7. The maximum absolute atomic E-state index is 11.9. The number of aryl methyl sites for hydroxylation is 1. The molecule has 2 nitrogen and oxygen atoms in total. The van der Waals surface area contributed by atoms with Crippen molar-refractivity contribution in [2.75, 3.05) is 0 Å². The molecule has 0 spiro atoms. The molecule has 0 saturated carbocycles. The highest BCUT2D eigenvalue weighted by molar-refractivity contribution is 14.1. The van der Waals surface area contributed by atoms with Crippen molar-refractivity contribution >= 4 is 39.7 Å². The molecule has 2 heterocycles. The van der Waals surface area contributed by atoms with Crippen LogP contribution in [0.25, 0.3) is 0 Å². The van der Waals surface area contributed by atoms with E-state index in [0.717, 1.165) is 19.7 Å². The van der Waals surface area contributed by atoms with Gasteiger partial charge in [0.1, 0.15) is 0 Å². The van der Waals surface area contributed by atoms with Crippen molar-refractivity contribution in [2.24, 2.45) is 0 Å². The largest absolute Gasteiger partial charge is 0.294 e. The fourth-order valence-corrected chi connectivity index (χ4v) is 2.68. The van der Waals surface area contributed by atoms with Gasteiger partial charge >= 0.3 is 0 Å². The minimum atomic E-state index is 0.135. The molecule has 0 aliphatic heterocycles. The van der Waals surface area contributed by atoms with Gasteiger partial charge in [-0.2, -0.15) is 0 Å². The predicted octanol–water partition coefficient (Wildman–Crippen LogP) is 3.48. The number of carbonyl (C=O) groups is 1. The van der Waals surface area contributed by atoms with Gasteiger partial charge in [0.05, 0.1) is 9.30 Å². The average Bonchev–Trinajstić information content (AvgIpc) is 2.68. The monoisotopic (exact) mass is 343 g/mol. The maximum Gasteiger partial charge on any atom is 0.169 e. The van der Waals surface area contributed by atoms with Crippen LogP contribution >= 0.6 is 33.9 Å². The van der Waals surface area contributed by atoms with Gasteiger partial charge in [0.25, 0.3) is 0 Å². The summed E-state index contributed by atoms with van der Waals surface area (Å²) in [6, 6.07) is 5.80. The molecule has 0 bridgehead atoms. The number of Topliss-reactive ketones (excluding diaryl/α,β-unsaturated/α-hetero) is 1. The molecule has 2 rings (SSSR count). The molecule has 0 N–H and O–H groups in total. The summed E-state index contributed by atoms with van der Waals surface area (Å²) in [7, 11) is 0. The summed E-state index contributed by atoms with van der Waals surface area (Å²) in [6.45, 7) is 1.99. The van der Waals surface area contributed by atoms with E-state index in [2.05, 4.69) is 27.6 Å². The number of hydrogen-bond acceptors (Lipinski definition) is 3. The number of thiophene rings is 1. The zero-order chi connectivity index (χ0) is 11.5. The van der Waals surface area contributed by atoms with E-state index < -0.39 is 0 Å². The van der Waals surface area contributed by atoms with E-state index in [1.54, 1.807) is 17.5 Å². The molecule has 0 saturated heterocycles. The Labute approximate surface area is 112 Å². The molecule has 0 aliphatic rings. The van der Waals surface area contributed by atoms with Crippen molar-refractivity contribution in [3.8, 4) is 0 Å². The van der Waals surface area contributed by atoms with Gasteiger partial charge < -0.3 is 0 Å². The van der Waals surface area contributed by atoms with Crippen LogP contribution in [0, 0.1) is 9.81 Å². The molecule has 0 aromatic carbocycles. The fraction of sp³-hybridized carbons (Fsp3) is 0.167. The van der Waals surface area contributed by atoms with Crippen molar-refractivity contribution in [1.29, 1.82) is 0 Å². The zero-order valence-electron chi connectivity index (χ0n) is 8.74. The normalized spacial score (nSPS) is 10.4. The lowest BCUT2D eigenvalue weighted by Gasteiger charge is -1.99. The van der Waals surface area contributed by atoms with Gasteiger partial charge in [-0.15, -0.1) is 11.3 Å². The Kier molecular flexibility index (Phi) is 3.70. The minimum absolute atomic E-state index is 0.135. The first-order chi connectivity index (χ1) is 7.65. The molecule has 2 aromatic heterocycles. The first kappa shape index (κ1) is 11.7. The van der Waals surface area contributed by atoms with Gasteiger partial charge in [-0.25, -0.2) is 0 Å². The number of aromatic nitrogens is 1. The van der Waals surface area contributed by atoms with Crippen LogP contribution in [0.4, 0.5) is 0 Å². The van der Waals surface area contributed by atoms with E-state index in [-0.39, 0.29) is 5.78 Å². The van der Waals surface area contributed by atoms with E-state index in [4.69, 9.17) is 0 Å². The molecular weight excluding hydrogens is 333 g/mol. The van der Waals surface area contributed by atoms with Crippen molar-refractivity contribution in [2.45, 2.75) is 13.3 Å². The summed E-state index contributed by atoms with van der Waals surface area (Å²) in [4.78, 5) is 16.1. The minimum Gasteiger partial charge on any atom is -0.294 e. The highest BCUT2D eigenvalue weighted by Crippen LogP contribution is 2.18. The van der Waals surface area contributed by atoms with Gasteiger partial charge in [0.2, 0.25) is 0 Å². The van der Waals surface area contributed by atoms with Crippen molar-refractivity contribution in [3.63, 3.8) is 0 Å². The summed E-state index contributed by atoms with van der Waals surface area (Å²) < 4.78 is 1.14. The van der Waals surface area contributed by atoms with Crippen LogP contribution in [0.2, 0.25) is 0 Å². The molecule has 82 valence electrons. The lowest BCUT2D eigenvalue weighted by Crippen LogP contribution is -2.03. The van der Waals surface area contributed by atoms with Crippen molar-refractivity contribution in [1.82, 2.24) is 4.98 Å². The van der Waals surface area contributed by atoms with Crippen LogP contribution < -0.4 is 0 Å². The first-order valence-corrected chi connectivity index (χ1v) is 6.80. The van der Waals surface area contributed by atoms with Gasteiger partial charge in [-0.05, 0) is 47.2 Å². The Hall–Kier alpha value is -0.750. The maximum atomic E-state index is 11.9. The van der Waals surface area contributed by atoms with Crippen LogP contribution in [0.3, 0.4) is 0 Å². The molecular formula is C12H10INOS. The molecule has 0 radical (unpaired) electrons. The second-order valence-electron chi connectivity index (χ2n) is 3.57. The third kappa shape index (κ3) is 2.89. The molecule has 0 aliphatic carbocycles. The Bertz CT molecular complexity index is 504. The predicted molar refractivity (Wildman–Crippen MR) is 74.0 cm³/mol. The number of nitrogens with zero attached hydrogens (tertiary/aromatic N) is 1. The summed E-state index contributed by atoms with van der Waals surface area (Å²) in [5.41, 5.74) is 2.73. The number of hydrogen-bond donors (Lipinski definition) is 0. The van der Waals surface area contributed by atoms with Gasteiger partial charge in [-0.1, -0.05) is 6.07 Å². The summed E-state index contributed by atoms with van der Waals surface area (Å²) in [5.74, 6) is 0.135. The van der Waals surface area contributed by atoms with Crippen LogP contribution in [0.15, 0.2) is 29.8 Å². The number of pyridine rings is 1. The SMILES string of the molecule is Cc1ccc(CC(=O)c2csc(I)c2)nc1. The van der Waals surface area contributed by atoms with E-state index in [9.17, 15) is 4.79 Å². The third-order valence-corrected chi connectivity index (χ3v) is 3.99. The lowest BCUT2D eigenvalue weighted by atomic mass is 10.1. The Morgan fingerprint density at radius 1 is 1.50 bits per heavy atom. The fourth-order valence-electron chi connectivity index (χ4n) is 1.33. The summed E-state index contributed by atoms with van der Waals surface area (Å²) in [6.07, 6.45) is 2.17. The van der Waals surface area contributed by atoms with Crippen LogP contribution in [-0.4, -0.2) is 10.8 Å². The topological polar surface area (TPSA) is 30.0 Å². The molecule has 0 fully saturated rings. The highest BCUT2D eigenvalue weighted by atomic mass is 127. The van der Waals surface area contributed by atoms with E-state index in [0.29, 0.717) is 6.42 Å². The molecule has 0 atom stereocenters. The second-order valence-corrected chi connectivity index (χ2v) is 6.37. The Morgan fingerprint density at radius 3 is 2.88 bits per heavy atom. The lowest BCUT2D eigenvalue weighted by molar-refractivity contribution is 0.0992. The van der Waals surface area contributed by atoms with E-state index in [1.165, 1.54) is 0 Å². The van der Waals surface area contributed by atoms with E-state index >= 15 is 0 Å². The average molecular weight is 343 g/mol. The number of ketones is 1. The van der Waals surface area contributed by atoms with Gasteiger partial charge in [0.15, 0.2) is 5.78 Å². The molecule has 2 aromatic rings. The van der Waals surface area contributed by atoms with Crippen LogP contribution in [0.1, 0.15) is 21.6 Å². The number of halogens is 1. The quantitative estimate of drug-likeness (QED) is 0.631. The van der Waals surface area contributed by atoms with Crippen molar-refractivity contribution < 1.29 is 4.79 Å². The van der Waals surface area contributed by atoms with Crippen molar-refractivity contribution in [3.05, 3.63) is 49.5 Å². The second kappa shape index (κ2) is 5.05. The summed E-state index contributed by atoms with van der Waals surface area (Å²) >= 11 is 3.81. The van der Waals surface area contributed by atoms with Gasteiger partial charge in [-0.3, -0.25) is 9.78 Å². The highest BCUT2D eigenvalue weighted by Gasteiger charge is 2.09. The molecule has 0 unspecified atom stereocenters. The molecule has 16 heavy (non-hydrogen) atoms. The smallest absolute Gasteiger partial charge is 0.169 e. The number of carbonyl (C=O) groups excluding carboxylic acids is 1. The van der Waals surface area contributed by atoms with Gasteiger partial charge in [0, 0.05) is 22.8 Å². The van der Waals surface area contributed by atoms with Crippen LogP contribution in [0.5, 0.6) is 0 Å². The summed E-state index contributed by atoms with van der Waals surface area (Å²) in [5, 5.41) is 1.90. The molecule has 0 amide bonds. The third-order valence-electron chi connectivity index (χ3n) is 2.20. The Morgan fingerprint density at radius 2 is 2.31 bits per heavy atom. The van der Waals surface area contributed by atoms with Crippen LogP contribution in [-0.2, 0) is 6.42 Å². The molecule has 4 heteroatoms. The first-order valence-electron chi connectivity index (χ1n) is 4.84.